The predicted molar refractivity (Wildman–Crippen MR) is 118 cm³/mol. The smallest absolute Gasteiger partial charge is 0.255 e. The Kier molecular flexibility index (Phi) is 5.64. The van der Waals surface area contributed by atoms with Crippen molar-refractivity contribution in [3.8, 4) is 6.07 Å². The molecule has 1 N–H and O–H groups in total. The maximum absolute atomic E-state index is 12.6. The molecular weight excluding hydrogens is 376 g/mol. The number of benzene rings is 2. The van der Waals surface area contributed by atoms with Gasteiger partial charge in [0.2, 0.25) is 0 Å². The number of nitrogens with zero attached hydrogens (tertiary/aromatic N) is 3. The van der Waals surface area contributed by atoms with E-state index in [1.807, 2.05) is 25.1 Å². The van der Waals surface area contributed by atoms with Crippen molar-refractivity contribution in [3.05, 3.63) is 65.4 Å². The molecule has 6 nitrogen and oxygen atoms in total. The Bertz CT molecular complexity index is 1120. The van der Waals surface area contributed by atoms with Crippen molar-refractivity contribution in [1.82, 2.24) is 4.98 Å². The summed E-state index contributed by atoms with van der Waals surface area (Å²) in [5.74, 6) is -0.216. The van der Waals surface area contributed by atoms with Crippen molar-refractivity contribution in [1.29, 1.82) is 5.26 Å². The highest BCUT2D eigenvalue weighted by atomic mass is 16.5. The zero-order chi connectivity index (χ0) is 21.1. The lowest BCUT2D eigenvalue weighted by Gasteiger charge is -2.28. The summed E-state index contributed by atoms with van der Waals surface area (Å²) >= 11 is 0. The molecule has 1 aromatic heterocycles. The summed E-state index contributed by atoms with van der Waals surface area (Å²) in [4.78, 5) is 19.7. The third-order valence-electron chi connectivity index (χ3n) is 5.50. The number of amides is 1. The van der Waals surface area contributed by atoms with Gasteiger partial charge in [0.25, 0.3) is 5.91 Å². The number of fused-ring (bicyclic) bond motifs is 1. The number of carbonyl (C=O) groups is 1. The van der Waals surface area contributed by atoms with Crippen molar-refractivity contribution >= 4 is 28.2 Å². The number of nitriles is 1. The SMILES string of the molecule is COCC1CCCN1c1cc(C)nc2cc(NC(=O)c3ccc(C#N)cc3)ccc12. The molecule has 1 aliphatic rings. The lowest BCUT2D eigenvalue weighted by atomic mass is 10.1. The number of pyridine rings is 1. The molecule has 0 bridgehead atoms. The first-order chi connectivity index (χ1) is 14.6. The molecule has 2 heterocycles. The Morgan fingerprint density at radius 3 is 2.80 bits per heavy atom. The highest BCUT2D eigenvalue weighted by Crippen LogP contribution is 2.33. The van der Waals surface area contributed by atoms with Gasteiger partial charge in [-0.1, -0.05) is 0 Å². The van der Waals surface area contributed by atoms with E-state index in [1.165, 1.54) is 5.69 Å². The number of anilines is 2. The molecule has 2 aromatic carbocycles. The molecule has 1 saturated heterocycles. The van der Waals surface area contributed by atoms with Crippen molar-refractivity contribution in [3.63, 3.8) is 0 Å². The fraction of sp³-hybridized carbons (Fsp3) is 0.292. The van der Waals surface area contributed by atoms with Crippen LogP contribution in [0.5, 0.6) is 0 Å². The summed E-state index contributed by atoms with van der Waals surface area (Å²) in [7, 11) is 1.75. The van der Waals surface area contributed by atoms with E-state index >= 15 is 0 Å². The normalized spacial score (nSPS) is 15.9. The zero-order valence-electron chi connectivity index (χ0n) is 17.2. The topological polar surface area (TPSA) is 78.2 Å². The molecule has 0 spiro atoms. The maximum Gasteiger partial charge on any atom is 0.255 e. The fourth-order valence-corrected chi connectivity index (χ4v) is 4.07. The Balaban J connectivity index is 1.63. The predicted octanol–water partition coefficient (Wildman–Crippen LogP) is 4.28. The van der Waals surface area contributed by atoms with E-state index in [2.05, 4.69) is 22.4 Å². The third kappa shape index (κ3) is 3.98. The number of hydrogen-bond acceptors (Lipinski definition) is 5. The van der Waals surface area contributed by atoms with Crippen molar-refractivity contribution in [2.75, 3.05) is 30.5 Å². The minimum atomic E-state index is -0.216. The molecule has 0 saturated carbocycles. The first-order valence-corrected chi connectivity index (χ1v) is 10.1. The standard InChI is InChI=1S/C24H24N4O2/c1-16-12-23(28-11-3-4-20(28)15-30-2)21-10-9-19(13-22(21)26-16)27-24(29)18-7-5-17(14-25)6-8-18/h5-10,12-13,20H,3-4,11,15H2,1-2H3,(H,27,29). The molecule has 6 heteroatoms. The van der Waals surface area contributed by atoms with Gasteiger partial charge in [-0.05, 0) is 68.3 Å². The van der Waals surface area contributed by atoms with Crippen LogP contribution in [0.3, 0.4) is 0 Å². The van der Waals surface area contributed by atoms with Gasteiger partial charge in [-0.3, -0.25) is 9.78 Å². The van der Waals surface area contributed by atoms with Gasteiger partial charge in [-0.25, -0.2) is 0 Å². The molecule has 1 aliphatic heterocycles. The van der Waals surface area contributed by atoms with Gasteiger partial charge in [0, 0.05) is 41.7 Å². The maximum atomic E-state index is 12.6. The molecule has 1 fully saturated rings. The number of methoxy groups -OCH3 is 1. The Hall–Kier alpha value is -3.43. The molecule has 1 atom stereocenters. The zero-order valence-corrected chi connectivity index (χ0v) is 17.2. The van der Waals surface area contributed by atoms with E-state index in [0.29, 0.717) is 29.5 Å². The summed E-state index contributed by atoms with van der Waals surface area (Å²) in [5.41, 5.74) is 4.68. The highest BCUT2D eigenvalue weighted by Gasteiger charge is 2.26. The first-order valence-electron chi connectivity index (χ1n) is 10.1. The van der Waals surface area contributed by atoms with E-state index in [-0.39, 0.29) is 5.91 Å². The quantitative estimate of drug-likeness (QED) is 0.691. The van der Waals surface area contributed by atoms with Crippen LogP contribution in [0.25, 0.3) is 10.9 Å². The minimum Gasteiger partial charge on any atom is -0.383 e. The molecule has 0 radical (unpaired) electrons. The number of hydrogen-bond donors (Lipinski definition) is 1. The summed E-state index contributed by atoms with van der Waals surface area (Å²) in [6.07, 6.45) is 2.27. The van der Waals surface area contributed by atoms with Gasteiger partial charge in [0.15, 0.2) is 0 Å². The number of aryl methyl sites for hydroxylation is 1. The lowest BCUT2D eigenvalue weighted by molar-refractivity contribution is 0.102. The average molecular weight is 400 g/mol. The molecule has 1 amide bonds. The van der Waals surface area contributed by atoms with Crippen LogP contribution in [0.15, 0.2) is 48.5 Å². The van der Waals surface area contributed by atoms with Gasteiger partial charge in [0.1, 0.15) is 0 Å². The second kappa shape index (κ2) is 8.52. The molecule has 0 aliphatic carbocycles. The lowest BCUT2D eigenvalue weighted by Crippen LogP contribution is -2.33. The second-order valence-electron chi connectivity index (χ2n) is 7.60. The molecule has 1 unspecified atom stereocenters. The van der Waals surface area contributed by atoms with E-state index in [9.17, 15) is 4.79 Å². The van der Waals surface area contributed by atoms with Crippen LogP contribution in [-0.2, 0) is 4.74 Å². The molecule has 4 rings (SSSR count). The Labute approximate surface area is 176 Å². The van der Waals surface area contributed by atoms with E-state index in [4.69, 9.17) is 15.0 Å². The van der Waals surface area contributed by atoms with Crippen molar-refractivity contribution in [2.45, 2.75) is 25.8 Å². The van der Waals surface area contributed by atoms with Crippen LogP contribution in [0.4, 0.5) is 11.4 Å². The number of ether oxygens (including phenoxy) is 1. The number of nitrogens with one attached hydrogen (secondary N) is 1. The molecular formula is C24H24N4O2. The molecule has 3 aromatic rings. The summed E-state index contributed by atoms with van der Waals surface area (Å²) in [5, 5.41) is 12.9. The fourth-order valence-electron chi connectivity index (χ4n) is 4.07. The Morgan fingerprint density at radius 1 is 1.27 bits per heavy atom. The van der Waals surface area contributed by atoms with Crippen molar-refractivity contribution < 1.29 is 9.53 Å². The summed E-state index contributed by atoms with van der Waals surface area (Å²) < 4.78 is 5.42. The van der Waals surface area contributed by atoms with Crippen LogP contribution in [0.2, 0.25) is 0 Å². The Morgan fingerprint density at radius 2 is 2.07 bits per heavy atom. The second-order valence-corrected chi connectivity index (χ2v) is 7.60. The third-order valence-corrected chi connectivity index (χ3v) is 5.50. The van der Waals surface area contributed by atoms with Crippen molar-refractivity contribution in [2.24, 2.45) is 0 Å². The van der Waals surface area contributed by atoms with Crippen LogP contribution >= 0.6 is 0 Å². The molecule has 152 valence electrons. The number of aromatic nitrogens is 1. The highest BCUT2D eigenvalue weighted by molar-refractivity contribution is 6.05. The van der Waals surface area contributed by atoms with Crippen LogP contribution in [0.1, 0.15) is 34.5 Å². The van der Waals surface area contributed by atoms with E-state index in [1.54, 1.807) is 31.4 Å². The monoisotopic (exact) mass is 400 g/mol. The first kappa shape index (κ1) is 19.9. The molecule has 30 heavy (non-hydrogen) atoms. The number of rotatable bonds is 5. The van der Waals surface area contributed by atoms with E-state index < -0.39 is 0 Å². The van der Waals surface area contributed by atoms with Gasteiger partial charge in [-0.2, -0.15) is 5.26 Å². The van der Waals surface area contributed by atoms with Crippen LogP contribution in [0, 0.1) is 18.3 Å². The average Bonchev–Trinajstić information content (AvgIpc) is 3.21. The summed E-state index contributed by atoms with van der Waals surface area (Å²) in [6.45, 7) is 3.71. The minimum absolute atomic E-state index is 0.216. The van der Waals surface area contributed by atoms with E-state index in [0.717, 1.165) is 36.0 Å². The van der Waals surface area contributed by atoms with Gasteiger partial charge in [-0.15, -0.1) is 0 Å². The van der Waals surface area contributed by atoms with Gasteiger partial charge >= 0.3 is 0 Å². The van der Waals surface area contributed by atoms with Crippen LogP contribution < -0.4 is 10.2 Å². The number of carbonyl (C=O) groups excluding carboxylic acids is 1. The summed E-state index contributed by atoms with van der Waals surface area (Å²) in [6, 6.07) is 17.0. The van der Waals surface area contributed by atoms with Gasteiger partial charge in [0.05, 0.1) is 29.8 Å². The van der Waals surface area contributed by atoms with Crippen LogP contribution in [-0.4, -0.2) is 37.2 Å². The van der Waals surface area contributed by atoms with Gasteiger partial charge < -0.3 is 15.0 Å². The largest absolute Gasteiger partial charge is 0.383 e.